The van der Waals surface area contributed by atoms with Crippen LogP contribution in [0.5, 0.6) is 5.88 Å². The Morgan fingerprint density at radius 3 is 2.50 bits per heavy atom. The quantitative estimate of drug-likeness (QED) is 0.827. The summed E-state index contributed by atoms with van der Waals surface area (Å²) in [6.45, 7) is 5.11. The molecule has 0 radical (unpaired) electrons. The Morgan fingerprint density at radius 1 is 1.15 bits per heavy atom. The largest absolute Gasteiger partial charge is 0.478 e. The van der Waals surface area contributed by atoms with Gasteiger partial charge in [-0.15, -0.1) is 11.6 Å². The second-order valence-corrected chi connectivity index (χ2v) is 4.68. The zero-order chi connectivity index (χ0) is 14.4. The molecule has 1 heterocycles. The Morgan fingerprint density at radius 2 is 1.85 bits per heavy atom. The first-order chi connectivity index (χ1) is 9.71. The molecule has 0 amide bonds. The molecule has 1 N–H and O–H groups in total. The summed E-state index contributed by atoms with van der Waals surface area (Å²) in [6, 6.07) is 9.96. The first kappa shape index (κ1) is 14.6. The highest BCUT2D eigenvalue weighted by molar-refractivity contribution is 6.17. The number of aromatic nitrogens is 2. The minimum Gasteiger partial charge on any atom is -0.478 e. The maximum atomic E-state index is 5.77. The summed E-state index contributed by atoms with van der Waals surface area (Å²) >= 11 is 5.77. The third kappa shape index (κ3) is 4.10. The van der Waals surface area contributed by atoms with Gasteiger partial charge in [0.05, 0.1) is 6.61 Å². The van der Waals surface area contributed by atoms with E-state index in [-0.39, 0.29) is 0 Å². The lowest BCUT2D eigenvalue weighted by Crippen LogP contribution is -2.06. The smallest absolute Gasteiger partial charge is 0.226 e. The van der Waals surface area contributed by atoms with Crippen LogP contribution in [0.15, 0.2) is 30.3 Å². The molecule has 0 bridgehead atoms. The van der Waals surface area contributed by atoms with Crippen LogP contribution in [0.4, 0.5) is 5.95 Å². The number of nitrogens with zero attached hydrogens (tertiary/aromatic N) is 2. The Hall–Kier alpha value is -1.81. The van der Waals surface area contributed by atoms with E-state index in [2.05, 4.69) is 15.3 Å². The normalized spacial score (nSPS) is 10.3. The van der Waals surface area contributed by atoms with Gasteiger partial charge in [0, 0.05) is 24.2 Å². The van der Waals surface area contributed by atoms with Crippen molar-refractivity contribution in [3.8, 4) is 5.88 Å². The summed E-state index contributed by atoms with van der Waals surface area (Å²) in [7, 11) is 0. The SMILES string of the molecule is CCOc1cc(C)nc(NCc2ccc(CCl)cc2)n1. The minimum absolute atomic E-state index is 0.534. The molecule has 0 aliphatic heterocycles. The molecule has 5 heteroatoms. The number of nitrogens with one attached hydrogen (secondary N) is 1. The molecular formula is C15H18ClN3O. The molecule has 0 saturated heterocycles. The van der Waals surface area contributed by atoms with Gasteiger partial charge in [0.2, 0.25) is 11.8 Å². The van der Waals surface area contributed by atoms with E-state index >= 15 is 0 Å². The van der Waals surface area contributed by atoms with Crippen LogP contribution in [0.1, 0.15) is 23.7 Å². The Labute approximate surface area is 124 Å². The van der Waals surface area contributed by atoms with Crippen molar-refractivity contribution in [3.63, 3.8) is 0 Å². The van der Waals surface area contributed by atoms with Gasteiger partial charge in [0.15, 0.2) is 0 Å². The molecule has 0 aliphatic carbocycles. The average molecular weight is 292 g/mol. The van der Waals surface area contributed by atoms with Crippen LogP contribution in [0.3, 0.4) is 0 Å². The highest BCUT2D eigenvalue weighted by atomic mass is 35.5. The maximum absolute atomic E-state index is 5.77. The number of anilines is 1. The molecule has 20 heavy (non-hydrogen) atoms. The predicted octanol–water partition coefficient (Wildman–Crippen LogP) is 3.53. The summed E-state index contributed by atoms with van der Waals surface area (Å²) in [5.74, 6) is 1.71. The van der Waals surface area contributed by atoms with Crippen molar-refractivity contribution in [3.05, 3.63) is 47.2 Å². The molecular weight excluding hydrogens is 274 g/mol. The molecule has 0 spiro atoms. The summed E-state index contributed by atoms with van der Waals surface area (Å²) in [5.41, 5.74) is 3.14. The van der Waals surface area contributed by atoms with Gasteiger partial charge < -0.3 is 10.1 Å². The van der Waals surface area contributed by atoms with E-state index in [9.17, 15) is 0 Å². The highest BCUT2D eigenvalue weighted by Crippen LogP contribution is 2.13. The van der Waals surface area contributed by atoms with Gasteiger partial charge in [-0.25, -0.2) is 4.98 Å². The van der Waals surface area contributed by atoms with Crippen LogP contribution in [0, 0.1) is 6.92 Å². The number of rotatable bonds is 6. The van der Waals surface area contributed by atoms with Crippen LogP contribution < -0.4 is 10.1 Å². The van der Waals surface area contributed by atoms with Crippen LogP contribution >= 0.6 is 11.6 Å². The van der Waals surface area contributed by atoms with Crippen molar-refractivity contribution in [2.75, 3.05) is 11.9 Å². The van der Waals surface area contributed by atoms with Crippen LogP contribution in [-0.2, 0) is 12.4 Å². The standard InChI is InChI=1S/C15H18ClN3O/c1-3-20-14-8-11(2)18-15(19-14)17-10-13-6-4-12(9-16)5-7-13/h4-8H,3,9-10H2,1-2H3,(H,17,18,19). The first-order valence-corrected chi connectivity index (χ1v) is 7.11. The molecule has 2 rings (SSSR count). The molecule has 1 aromatic heterocycles. The van der Waals surface area contributed by atoms with Gasteiger partial charge in [-0.1, -0.05) is 24.3 Å². The maximum Gasteiger partial charge on any atom is 0.226 e. The van der Waals surface area contributed by atoms with Crippen molar-refractivity contribution >= 4 is 17.5 Å². The summed E-state index contributed by atoms with van der Waals surface area (Å²) in [4.78, 5) is 8.65. The summed E-state index contributed by atoms with van der Waals surface area (Å²) in [5, 5.41) is 3.20. The van der Waals surface area contributed by atoms with E-state index in [1.54, 1.807) is 0 Å². The lowest BCUT2D eigenvalue weighted by atomic mass is 10.1. The molecule has 0 unspecified atom stereocenters. The van der Waals surface area contributed by atoms with Crippen molar-refractivity contribution in [2.24, 2.45) is 0 Å². The number of alkyl halides is 1. The number of hydrogen-bond donors (Lipinski definition) is 1. The molecule has 2 aromatic rings. The average Bonchev–Trinajstić information content (AvgIpc) is 2.45. The van der Waals surface area contributed by atoms with E-state index in [1.807, 2.05) is 44.2 Å². The highest BCUT2D eigenvalue weighted by Gasteiger charge is 2.03. The van der Waals surface area contributed by atoms with Gasteiger partial charge >= 0.3 is 0 Å². The van der Waals surface area contributed by atoms with Crippen molar-refractivity contribution in [1.29, 1.82) is 0 Å². The number of aryl methyl sites for hydroxylation is 1. The molecule has 0 saturated carbocycles. The van der Waals surface area contributed by atoms with Gasteiger partial charge in [-0.05, 0) is 25.0 Å². The Balaban J connectivity index is 2.02. The topological polar surface area (TPSA) is 47.0 Å². The van der Waals surface area contributed by atoms with Crippen molar-refractivity contribution in [2.45, 2.75) is 26.3 Å². The van der Waals surface area contributed by atoms with Crippen molar-refractivity contribution < 1.29 is 4.74 Å². The van der Waals surface area contributed by atoms with Crippen LogP contribution in [0.2, 0.25) is 0 Å². The zero-order valence-corrected chi connectivity index (χ0v) is 12.4. The van der Waals surface area contributed by atoms with Crippen LogP contribution in [-0.4, -0.2) is 16.6 Å². The van der Waals surface area contributed by atoms with Crippen molar-refractivity contribution in [1.82, 2.24) is 9.97 Å². The third-order valence-electron chi connectivity index (χ3n) is 2.75. The lowest BCUT2D eigenvalue weighted by molar-refractivity contribution is 0.326. The number of ether oxygens (including phenoxy) is 1. The van der Waals surface area contributed by atoms with E-state index in [1.165, 1.54) is 0 Å². The fourth-order valence-electron chi connectivity index (χ4n) is 1.77. The zero-order valence-electron chi connectivity index (χ0n) is 11.7. The summed E-state index contributed by atoms with van der Waals surface area (Å²) < 4.78 is 5.40. The molecule has 1 aromatic carbocycles. The fraction of sp³-hybridized carbons (Fsp3) is 0.333. The molecule has 0 fully saturated rings. The van der Waals surface area contributed by atoms with E-state index in [0.29, 0.717) is 30.9 Å². The number of benzene rings is 1. The number of hydrogen-bond acceptors (Lipinski definition) is 4. The van der Waals surface area contributed by atoms with Gasteiger partial charge in [-0.2, -0.15) is 4.98 Å². The van der Waals surface area contributed by atoms with E-state index < -0.39 is 0 Å². The Bertz CT molecular complexity index is 558. The number of halogens is 1. The fourth-order valence-corrected chi connectivity index (χ4v) is 1.95. The lowest BCUT2D eigenvalue weighted by Gasteiger charge is -2.08. The van der Waals surface area contributed by atoms with E-state index in [4.69, 9.17) is 16.3 Å². The minimum atomic E-state index is 0.534. The first-order valence-electron chi connectivity index (χ1n) is 6.57. The third-order valence-corrected chi connectivity index (χ3v) is 3.06. The molecule has 0 aliphatic rings. The summed E-state index contributed by atoms with van der Waals surface area (Å²) in [6.07, 6.45) is 0. The van der Waals surface area contributed by atoms with Gasteiger partial charge in [-0.3, -0.25) is 0 Å². The second kappa shape index (κ2) is 7.10. The molecule has 106 valence electrons. The van der Waals surface area contributed by atoms with E-state index in [0.717, 1.165) is 16.8 Å². The van der Waals surface area contributed by atoms with Crippen LogP contribution in [0.25, 0.3) is 0 Å². The monoisotopic (exact) mass is 291 g/mol. The van der Waals surface area contributed by atoms with Gasteiger partial charge in [0.25, 0.3) is 0 Å². The van der Waals surface area contributed by atoms with Gasteiger partial charge in [0.1, 0.15) is 0 Å². The second-order valence-electron chi connectivity index (χ2n) is 4.41. The molecule has 4 nitrogen and oxygen atoms in total. The Kier molecular flexibility index (Phi) is 5.18. The predicted molar refractivity (Wildman–Crippen MR) is 81.3 cm³/mol. The molecule has 0 atom stereocenters.